The maximum absolute atomic E-state index is 13.5. The van der Waals surface area contributed by atoms with Crippen molar-refractivity contribution in [2.75, 3.05) is 12.4 Å². The van der Waals surface area contributed by atoms with Crippen LogP contribution in [0.2, 0.25) is 5.02 Å². The average Bonchev–Trinajstić information content (AvgIpc) is 3.20. The molecule has 2 aromatic carbocycles. The monoisotopic (exact) mass is 473 g/mol. The first-order valence-electron chi connectivity index (χ1n) is 8.42. The lowest BCUT2D eigenvalue weighted by Gasteiger charge is -2.28. The zero-order chi connectivity index (χ0) is 20.5. The molecule has 1 aliphatic heterocycles. The maximum atomic E-state index is 13.5. The van der Waals surface area contributed by atoms with Crippen LogP contribution in [-0.2, 0) is 9.53 Å². The van der Waals surface area contributed by atoms with Crippen molar-refractivity contribution in [3.05, 3.63) is 80.4 Å². The third-order valence-corrected chi connectivity index (χ3v) is 5.17. The number of anilines is 1. The highest BCUT2D eigenvalue weighted by molar-refractivity contribution is 9.10. The van der Waals surface area contributed by atoms with Crippen molar-refractivity contribution >= 4 is 45.2 Å². The van der Waals surface area contributed by atoms with Gasteiger partial charge in [-0.3, -0.25) is 4.79 Å². The number of aromatic nitrogens is 4. The maximum Gasteiger partial charge on any atom is 0.355 e. The van der Waals surface area contributed by atoms with Crippen LogP contribution in [0.4, 0.5) is 5.95 Å². The van der Waals surface area contributed by atoms with Crippen LogP contribution in [0.25, 0.3) is 0 Å². The number of carbonyl (C=O) groups is 2. The summed E-state index contributed by atoms with van der Waals surface area (Å²) in [7, 11) is 1.24. The Kier molecular flexibility index (Phi) is 5.16. The molecule has 4 rings (SSSR count). The van der Waals surface area contributed by atoms with Crippen LogP contribution in [0, 0.1) is 0 Å². The number of carbonyl (C=O) groups excluding carboxylic acids is 2. The van der Waals surface area contributed by atoms with Crippen LogP contribution in [0.15, 0.2) is 64.3 Å². The van der Waals surface area contributed by atoms with Crippen LogP contribution >= 0.6 is 27.5 Å². The number of fused-ring (bicyclic) bond motifs is 1. The van der Waals surface area contributed by atoms with Crippen molar-refractivity contribution in [1.29, 1.82) is 0 Å². The van der Waals surface area contributed by atoms with Crippen LogP contribution < -0.4 is 5.32 Å². The molecule has 29 heavy (non-hydrogen) atoms. The van der Waals surface area contributed by atoms with E-state index in [1.165, 1.54) is 11.8 Å². The molecule has 0 saturated heterocycles. The highest BCUT2D eigenvalue weighted by atomic mass is 79.9. The van der Waals surface area contributed by atoms with Crippen LogP contribution in [0.1, 0.15) is 22.0 Å². The van der Waals surface area contributed by atoms with Crippen molar-refractivity contribution in [2.45, 2.75) is 6.04 Å². The van der Waals surface area contributed by atoms with E-state index in [2.05, 4.69) is 36.8 Å². The summed E-state index contributed by atoms with van der Waals surface area (Å²) in [6.07, 6.45) is 0. The first kappa shape index (κ1) is 19.3. The quantitative estimate of drug-likeness (QED) is 0.457. The highest BCUT2D eigenvalue weighted by Crippen LogP contribution is 2.37. The van der Waals surface area contributed by atoms with Gasteiger partial charge in [-0.05, 0) is 52.4 Å². The predicted octanol–water partition coefficient (Wildman–Crippen LogP) is 3.41. The van der Waals surface area contributed by atoms with Gasteiger partial charge in [0.1, 0.15) is 11.7 Å². The van der Waals surface area contributed by atoms with E-state index < -0.39 is 12.0 Å². The number of Topliss-reactive ketones (excluding diaryl/α,β-unsaturated/α-hetero) is 1. The summed E-state index contributed by atoms with van der Waals surface area (Å²) in [6, 6.07) is 13.0. The van der Waals surface area contributed by atoms with Gasteiger partial charge < -0.3 is 10.1 Å². The molecule has 0 bridgehead atoms. The first-order valence-corrected chi connectivity index (χ1v) is 9.60. The molecule has 8 nitrogen and oxygen atoms in total. The number of hydrogen-bond acceptors (Lipinski definition) is 7. The van der Waals surface area contributed by atoms with Gasteiger partial charge in [0, 0.05) is 15.1 Å². The summed E-state index contributed by atoms with van der Waals surface area (Å²) >= 11 is 9.40. The number of benzene rings is 2. The number of ketones is 1. The van der Waals surface area contributed by atoms with Gasteiger partial charge >= 0.3 is 5.97 Å². The van der Waals surface area contributed by atoms with Gasteiger partial charge in [0.2, 0.25) is 5.95 Å². The van der Waals surface area contributed by atoms with Gasteiger partial charge in [0.15, 0.2) is 5.78 Å². The molecule has 3 aromatic rings. The topological polar surface area (TPSA) is 99.0 Å². The van der Waals surface area contributed by atoms with Gasteiger partial charge in [0.05, 0.1) is 12.7 Å². The molecule has 0 radical (unpaired) electrons. The second-order valence-corrected chi connectivity index (χ2v) is 7.50. The molecular weight excluding hydrogens is 462 g/mol. The fourth-order valence-corrected chi connectivity index (χ4v) is 3.67. The highest BCUT2D eigenvalue weighted by Gasteiger charge is 2.38. The third-order valence-electron chi connectivity index (χ3n) is 4.42. The van der Waals surface area contributed by atoms with Gasteiger partial charge in [-0.1, -0.05) is 44.8 Å². The van der Waals surface area contributed by atoms with E-state index in [0.717, 1.165) is 4.47 Å². The van der Waals surface area contributed by atoms with Crippen LogP contribution in [0.3, 0.4) is 0 Å². The molecule has 0 aliphatic carbocycles. The van der Waals surface area contributed by atoms with E-state index in [-0.39, 0.29) is 23.0 Å². The van der Waals surface area contributed by atoms with E-state index >= 15 is 0 Å². The van der Waals surface area contributed by atoms with Crippen molar-refractivity contribution in [2.24, 2.45) is 0 Å². The van der Waals surface area contributed by atoms with Crippen molar-refractivity contribution in [3.8, 4) is 0 Å². The Morgan fingerprint density at radius 2 is 1.97 bits per heavy atom. The number of tetrazole rings is 1. The largest absolute Gasteiger partial charge is 0.464 e. The standard InChI is InChI=1S/C19H13BrClN5O3/c1-29-18(28)15-14(17(27)10-5-7-13(21)8-6-10)16(11-3-2-4-12(20)9-11)26-19(22-15)23-24-25-26/h2-9,16H,1H3,(H,22,23,25)/t16-/m1/s1. The molecule has 1 N–H and O–H groups in total. The minimum atomic E-state index is -0.740. The molecule has 0 saturated carbocycles. The lowest BCUT2D eigenvalue weighted by Crippen LogP contribution is -2.32. The fourth-order valence-electron chi connectivity index (χ4n) is 3.13. The molecule has 146 valence electrons. The second kappa shape index (κ2) is 7.76. The van der Waals surface area contributed by atoms with Crippen molar-refractivity contribution in [1.82, 2.24) is 20.2 Å². The first-order chi connectivity index (χ1) is 14.0. The third kappa shape index (κ3) is 3.54. The lowest BCUT2D eigenvalue weighted by atomic mass is 9.89. The minimum absolute atomic E-state index is 0.0141. The smallest absolute Gasteiger partial charge is 0.355 e. The van der Waals surface area contributed by atoms with Crippen molar-refractivity contribution in [3.63, 3.8) is 0 Å². The fraction of sp³-hybridized carbons (Fsp3) is 0.105. The summed E-state index contributed by atoms with van der Waals surface area (Å²) < 4.78 is 7.17. The summed E-state index contributed by atoms with van der Waals surface area (Å²) in [5, 5.41) is 14.9. The number of ether oxygens (including phenoxy) is 1. The van der Waals surface area contributed by atoms with Gasteiger partial charge in [-0.15, -0.1) is 0 Å². The summed E-state index contributed by atoms with van der Waals surface area (Å²) in [5.74, 6) is -0.847. The summed E-state index contributed by atoms with van der Waals surface area (Å²) in [6.45, 7) is 0. The van der Waals surface area contributed by atoms with Gasteiger partial charge in [0.25, 0.3) is 0 Å². The normalized spacial score (nSPS) is 15.5. The summed E-state index contributed by atoms with van der Waals surface area (Å²) in [5.41, 5.74) is 1.23. The van der Waals surface area contributed by atoms with Gasteiger partial charge in [-0.2, -0.15) is 4.68 Å². The Labute approximate surface area is 178 Å². The zero-order valence-electron chi connectivity index (χ0n) is 15.0. The molecule has 2 heterocycles. The lowest BCUT2D eigenvalue weighted by molar-refractivity contribution is -0.136. The number of rotatable bonds is 4. The van der Waals surface area contributed by atoms with Crippen LogP contribution in [-0.4, -0.2) is 39.1 Å². The molecule has 10 heteroatoms. The molecule has 1 aromatic heterocycles. The molecule has 1 atom stereocenters. The number of nitrogens with zero attached hydrogens (tertiary/aromatic N) is 4. The molecule has 0 amide bonds. The molecule has 1 aliphatic rings. The van der Waals surface area contributed by atoms with E-state index in [1.807, 2.05) is 24.3 Å². The van der Waals surface area contributed by atoms with Crippen molar-refractivity contribution < 1.29 is 14.3 Å². The zero-order valence-corrected chi connectivity index (χ0v) is 17.3. The molecule has 0 fully saturated rings. The predicted molar refractivity (Wildman–Crippen MR) is 109 cm³/mol. The number of allylic oxidation sites excluding steroid dienone is 1. The second-order valence-electron chi connectivity index (χ2n) is 6.15. The van der Waals surface area contributed by atoms with E-state index in [1.54, 1.807) is 24.3 Å². The summed E-state index contributed by atoms with van der Waals surface area (Å²) in [4.78, 5) is 26.0. The van der Waals surface area contributed by atoms with Gasteiger partial charge in [-0.25, -0.2) is 4.79 Å². The molecule has 0 unspecified atom stereocenters. The Morgan fingerprint density at radius 3 is 2.66 bits per heavy atom. The van der Waals surface area contributed by atoms with E-state index in [9.17, 15) is 9.59 Å². The SMILES string of the molecule is COC(=O)C1=C(C(=O)c2ccc(Cl)cc2)[C@@H](c2cccc(Br)c2)n2nnnc2N1. The Hall–Kier alpha value is -3.04. The number of nitrogens with one attached hydrogen (secondary N) is 1. The van der Waals surface area contributed by atoms with E-state index in [0.29, 0.717) is 16.1 Å². The Balaban J connectivity index is 1.95. The Bertz CT molecular complexity index is 1140. The van der Waals surface area contributed by atoms with Crippen LogP contribution in [0.5, 0.6) is 0 Å². The number of methoxy groups -OCH3 is 1. The minimum Gasteiger partial charge on any atom is -0.464 e. The molecule has 0 spiro atoms. The average molecular weight is 475 g/mol. The number of hydrogen-bond donors (Lipinski definition) is 1. The number of halogens is 2. The molecular formula is C19H13BrClN5O3. The Morgan fingerprint density at radius 1 is 1.21 bits per heavy atom. The van der Waals surface area contributed by atoms with E-state index in [4.69, 9.17) is 16.3 Å². The number of esters is 1.